The maximum absolute atomic E-state index is 11.6. The average Bonchev–Trinajstić information content (AvgIpc) is 2.76. The zero-order valence-electron chi connectivity index (χ0n) is 18.1. The molecule has 170 valence electrons. The monoisotopic (exact) mass is 469 g/mol. The highest BCUT2D eigenvalue weighted by molar-refractivity contribution is 8.13. The number of rotatable bonds is 7. The number of methoxy groups -OCH3 is 2. The van der Waals surface area contributed by atoms with Gasteiger partial charge < -0.3 is 23.7 Å². The highest BCUT2D eigenvalue weighted by Crippen LogP contribution is 2.47. The second-order valence-electron chi connectivity index (χ2n) is 7.44. The zero-order valence-corrected chi connectivity index (χ0v) is 19.7. The molecule has 2 fully saturated rings. The lowest BCUT2D eigenvalue weighted by Gasteiger charge is -2.57. The van der Waals surface area contributed by atoms with Crippen LogP contribution < -0.4 is 0 Å². The van der Waals surface area contributed by atoms with Gasteiger partial charge >= 0.3 is 0 Å². The van der Waals surface area contributed by atoms with Crippen LogP contribution in [0.5, 0.6) is 0 Å². The molecule has 2 aliphatic rings. The highest BCUT2D eigenvalue weighted by Gasteiger charge is 2.62. The average molecular weight is 470 g/mol. The Bertz CT molecular complexity index is 826. The van der Waals surface area contributed by atoms with Gasteiger partial charge in [0.2, 0.25) is 11.6 Å². The Balaban J connectivity index is 1.98. The molecule has 11 heteroatoms. The molecule has 0 saturated carbocycles. The van der Waals surface area contributed by atoms with Gasteiger partial charge in [-0.15, -0.1) is 0 Å². The van der Waals surface area contributed by atoms with E-state index in [0.29, 0.717) is 5.75 Å². The molecule has 1 aromatic rings. The molecule has 0 unspecified atom stereocenters. The topological polar surface area (TPSA) is 112 Å². The zero-order chi connectivity index (χ0) is 22.6. The van der Waals surface area contributed by atoms with Crippen LogP contribution in [0.25, 0.3) is 10.4 Å². The van der Waals surface area contributed by atoms with Crippen molar-refractivity contribution in [1.29, 1.82) is 0 Å². The van der Waals surface area contributed by atoms with Crippen molar-refractivity contribution in [1.82, 2.24) is 0 Å². The smallest absolute Gasteiger partial charge is 0.220 e. The Morgan fingerprint density at radius 1 is 1.16 bits per heavy atom. The fraction of sp³-hybridized carbons (Fsp3) is 0.650. The first-order valence-electron chi connectivity index (χ1n) is 9.77. The van der Waals surface area contributed by atoms with Crippen LogP contribution >= 0.6 is 23.5 Å². The van der Waals surface area contributed by atoms with Crippen molar-refractivity contribution in [2.75, 3.05) is 20.0 Å². The number of nitrogens with zero attached hydrogens (tertiary/aromatic N) is 3. The minimum atomic E-state index is -1.26. The minimum absolute atomic E-state index is 0.0301. The Morgan fingerprint density at radius 2 is 1.77 bits per heavy atom. The second-order valence-corrected chi connectivity index (χ2v) is 9.81. The summed E-state index contributed by atoms with van der Waals surface area (Å²) in [5, 5.41) is 3.98. The SMILES string of the molecule is CO[C@@]1(C)O[C@@H]2[C@@H](N=[N+]=[N-])[C@H](Sc3ccccc3)O[C@H](CSC(C)=O)[C@H]2O[C@]1(C)OC. The lowest BCUT2D eigenvalue weighted by molar-refractivity contribution is -0.462. The lowest BCUT2D eigenvalue weighted by atomic mass is 9.94. The van der Waals surface area contributed by atoms with Gasteiger partial charge in [-0.1, -0.05) is 46.8 Å². The summed E-state index contributed by atoms with van der Waals surface area (Å²) in [4.78, 5) is 15.6. The van der Waals surface area contributed by atoms with Crippen molar-refractivity contribution in [3.63, 3.8) is 0 Å². The molecule has 0 amide bonds. The number of carbonyl (C=O) groups is 1. The van der Waals surface area contributed by atoms with Crippen molar-refractivity contribution in [2.24, 2.45) is 5.11 Å². The standard InChI is InChI=1S/C20H27N3O6S2/c1-12(24)30-11-14-16-17(29-20(3,26-5)19(2,25-4)28-16)15(22-23-21)18(27-14)31-13-9-7-6-8-10-13/h6-10,14-18H,11H2,1-5H3/t14-,15-,16-,17-,18+,19+,20+/m1/s1. The van der Waals surface area contributed by atoms with Gasteiger partial charge in [0.1, 0.15) is 23.7 Å². The number of thioether (sulfide) groups is 2. The summed E-state index contributed by atoms with van der Waals surface area (Å²) in [7, 11) is 3.01. The maximum atomic E-state index is 11.6. The van der Waals surface area contributed by atoms with Crippen LogP contribution in [-0.4, -0.2) is 66.5 Å². The minimum Gasteiger partial charge on any atom is -0.360 e. The van der Waals surface area contributed by atoms with E-state index in [0.717, 1.165) is 16.7 Å². The first-order chi connectivity index (χ1) is 14.8. The summed E-state index contributed by atoms with van der Waals surface area (Å²) < 4.78 is 30.3. The van der Waals surface area contributed by atoms with Crippen LogP contribution in [0.1, 0.15) is 20.8 Å². The molecule has 1 aromatic carbocycles. The van der Waals surface area contributed by atoms with Crippen molar-refractivity contribution in [3.8, 4) is 0 Å². The number of fused-ring (bicyclic) bond motifs is 1. The third-order valence-corrected chi connectivity index (χ3v) is 7.64. The van der Waals surface area contributed by atoms with Gasteiger partial charge in [0.05, 0.1) is 6.10 Å². The summed E-state index contributed by atoms with van der Waals surface area (Å²) in [6.45, 7) is 4.94. The molecule has 2 heterocycles. The van der Waals surface area contributed by atoms with E-state index in [1.54, 1.807) is 13.8 Å². The van der Waals surface area contributed by atoms with Crippen molar-refractivity contribution in [3.05, 3.63) is 40.8 Å². The van der Waals surface area contributed by atoms with Gasteiger partial charge in [-0.25, -0.2) is 0 Å². The van der Waals surface area contributed by atoms with Gasteiger partial charge in [-0.2, -0.15) is 0 Å². The van der Waals surface area contributed by atoms with E-state index in [9.17, 15) is 10.3 Å². The molecule has 7 atom stereocenters. The van der Waals surface area contributed by atoms with E-state index < -0.39 is 41.4 Å². The van der Waals surface area contributed by atoms with E-state index in [-0.39, 0.29) is 5.12 Å². The van der Waals surface area contributed by atoms with Gasteiger partial charge in [-0.3, -0.25) is 4.79 Å². The van der Waals surface area contributed by atoms with Crippen LogP contribution in [0.2, 0.25) is 0 Å². The molecule has 0 spiro atoms. The number of azide groups is 1. The predicted molar refractivity (Wildman–Crippen MR) is 118 cm³/mol. The van der Waals surface area contributed by atoms with E-state index in [1.807, 2.05) is 30.3 Å². The molecule has 0 N–H and O–H groups in total. The highest BCUT2D eigenvalue weighted by atomic mass is 32.2. The number of carbonyl (C=O) groups excluding carboxylic acids is 1. The molecule has 0 radical (unpaired) electrons. The summed E-state index contributed by atoms with van der Waals surface area (Å²) in [5.74, 6) is -2.15. The van der Waals surface area contributed by atoms with Crippen molar-refractivity contribution >= 4 is 28.6 Å². The molecule has 3 rings (SSSR count). The number of hydrogen-bond donors (Lipinski definition) is 0. The van der Waals surface area contributed by atoms with Crippen LogP contribution in [-0.2, 0) is 28.5 Å². The summed E-state index contributed by atoms with van der Waals surface area (Å²) >= 11 is 2.58. The maximum Gasteiger partial charge on any atom is 0.220 e. The van der Waals surface area contributed by atoms with Crippen molar-refractivity contribution in [2.45, 2.75) is 67.0 Å². The Morgan fingerprint density at radius 3 is 2.32 bits per heavy atom. The fourth-order valence-corrected chi connectivity index (χ4v) is 5.41. The van der Waals surface area contributed by atoms with Crippen LogP contribution in [0.3, 0.4) is 0 Å². The van der Waals surface area contributed by atoms with E-state index in [2.05, 4.69) is 10.0 Å². The van der Waals surface area contributed by atoms with Gasteiger partial charge in [-0.05, 0) is 31.5 Å². The van der Waals surface area contributed by atoms with Crippen LogP contribution in [0, 0.1) is 0 Å². The summed E-state index contributed by atoms with van der Waals surface area (Å²) in [6, 6.07) is 8.97. The molecular formula is C20H27N3O6S2. The second kappa shape index (κ2) is 10.1. The summed E-state index contributed by atoms with van der Waals surface area (Å²) in [6.07, 6.45) is -1.80. The van der Waals surface area contributed by atoms with E-state index in [4.69, 9.17) is 23.7 Å². The number of benzene rings is 1. The third kappa shape index (κ3) is 5.04. The van der Waals surface area contributed by atoms with Crippen LogP contribution in [0.15, 0.2) is 40.3 Å². The Kier molecular flexibility index (Phi) is 7.93. The van der Waals surface area contributed by atoms with E-state index in [1.165, 1.54) is 32.9 Å². The largest absolute Gasteiger partial charge is 0.360 e. The van der Waals surface area contributed by atoms with Gasteiger partial charge in [0, 0.05) is 36.7 Å². The van der Waals surface area contributed by atoms with Gasteiger partial charge in [0.25, 0.3) is 0 Å². The van der Waals surface area contributed by atoms with Crippen molar-refractivity contribution < 1.29 is 28.5 Å². The normalized spacial score (nSPS) is 37.5. The molecular weight excluding hydrogens is 442 g/mol. The molecule has 2 saturated heterocycles. The molecule has 0 aromatic heterocycles. The van der Waals surface area contributed by atoms with Gasteiger partial charge in [0.15, 0.2) is 5.12 Å². The lowest BCUT2D eigenvalue weighted by Crippen LogP contribution is -2.72. The fourth-order valence-electron chi connectivity index (χ4n) is 3.62. The molecule has 9 nitrogen and oxygen atoms in total. The third-order valence-electron chi connectivity index (χ3n) is 5.57. The first-order valence-corrected chi connectivity index (χ1v) is 11.6. The number of hydrogen-bond acceptors (Lipinski definition) is 9. The number of ether oxygens (including phenoxy) is 5. The molecule has 0 aliphatic carbocycles. The Labute approximate surface area is 190 Å². The Hall–Kier alpha value is -1.30. The predicted octanol–water partition coefficient (Wildman–Crippen LogP) is 3.97. The van der Waals surface area contributed by atoms with E-state index >= 15 is 0 Å². The van der Waals surface area contributed by atoms with Crippen LogP contribution in [0.4, 0.5) is 0 Å². The molecule has 0 bridgehead atoms. The quantitative estimate of drug-likeness (QED) is 0.335. The molecule has 2 aliphatic heterocycles. The first kappa shape index (κ1) is 24.3. The molecule has 31 heavy (non-hydrogen) atoms. The summed E-state index contributed by atoms with van der Waals surface area (Å²) in [5.41, 5.74) is 8.72.